The van der Waals surface area contributed by atoms with E-state index in [1.54, 1.807) is 17.6 Å². The fraction of sp³-hybridized carbons (Fsp3) is 0.483. The van der Waals surface area contributed by atoms with Crippen molar-refractivity contribution in [1.29, 1.82) is 0 Å². The van der Waals surface area contributed by atoms with Crippen molar-refractivity contribution in [2.75, 3.05) is 26.2 Å². The van der Waals surface area contributed by atoms with Crippen LogP contribution in [0.15, 0.2) is 29.1 Å². The molecule has 2 aromatic heterocycles. The van der Waals surface area contributed by atoms with Crippen molar-refractivity contribution < 1.29 is 23.4 Å². The molecule has 0 radical (unpaired) electrons. The molecule has 41 heavy (non-hydrogen) atoms. The van der Waals surface area contributed by atoms with Crippen LogP contribution in [0.1, 0.15) is 61.1 Å². The molecule has 0 spiro atoms. The van der Waals surface area contributed by atoms with Gasteiger partial charge in [0.05, 0.1) is 34.8 Å². The molecular weight excluding hydrogens is 546 g/mol. The van der Waals surface area contributed by atoms with Crippen molar-refractivity contribution in [3.8, 4) is 11.4 Å². The average molecular weight is 582 g/mol. The molecule has 218 valence electrons. The summed E-state index contributed by atoms with van der Waals surface area (Å²) in [6.45, 7) is 10.4. The first-order chi connectivity index (χ1) is 19.6. The Balaban J connectivity index is 1.62. The van der Waals surface area contributed by atoms with E-state index in [1.165, 1.54) is 0 Å². The van der Waals surface area contributed by atoms with Crippen LogP contribution in [0.25, 0.3) is 17.5 Å². The summed E-state index contributed by atoms with van der Waals surface area (Å²) in [6, 6.07) is 1.71. The molecule has 3 unspecified atom stereocenters. The molecule has 6 rings (SSSR count). The molecule has 1 saturated heterocycles. The van der Waals surface area contributed by atoms with Crippen molar-refractivity contribution in [2.45, 2.75) is 63.7 Å². The lowest BCUT2D eigenvalue weighted by molar-refractivity contribution is -0.172. The third-order valence-electron chi connectivity index (χ3n) is 8.82. The van der Waals surface area contributed by atoms with E-state index in [0.29, 0.717) is 56.8 Å². The second kappa shape index (κ2) is 10.4. The number of hydrogen-bond acceptors (Lipinski definition) is 9. The minimum absolute atomic E-state index is 0.0599. The third-order valence-corrected chi connectivity index (χ3v) is 9.63. The Kier molecular flexibility index (Phi) is 7.12. The summed E-state index contributed by atoms with van der Waals surface area (Å²) in [5.41, 5.74) is 7.29. The number of nitrogens with one attached hydrogen (secondary N) is 2. The Morgan fingerprint density at radius 2 is 2.02 bits per heavy atom. The average Bonchev–Trinajstić information content (AvgIpc) is 3.32. The molecule has 0 saturated carbocycles. The number of ether oxygens (including phenoxy) is 1. The lowest BCUT2D eigenvalue weighted by Crippen LogP contribution is -2.70. The lowest BCUT2D eigenvalue weighted by Gasteiger charge is -2.45. The second-order valence-electron chi connectivity index (χ2n) is 11.3. The highest BCUT2D eigenvalue weighted by molar-refractivity contribution is 7.79. The molecule has 0 aromatic carbocycles. The monoisotopic (exact) mass is 581 g/mol. The topological polar surface area (TPSA) is 146 Å². The Morgan fingerprint density at radius 3 is 2.71 bits per heavy atom. The highest BCUT2D eigenvalue weighted by Gasteiger charge is 2.47. The van der Waals surface area contributed by atoms with Crippen LogP contribution in [0, 0.1) is 0 Å². The number of carbonyl (C=O) groups is 1. The van der Waals surface area contributed by atoms with E-state index in [1.807, 2.05) is 19.1 Å². The number of quaternary nitrogens is 1. The van der Waals surface area contributed by atoms with Gasteiger partial charge in [0.1, 0.15) is 25.1 Å². The van der Waals surface area contributed by atoms with Gasteiger partial charge in [-0.1, -0.05) is 38.5 Å². The Labute approximate surface area is 240 Å². The van der Waals surface area contributed by atoms with Crippen LogP contribution in [0.3, 0.4) is 0 Å². The number of aliphatic hydroxyl groups is 1. The van der Waals surface area contributed by atoms with Crippen LogP contribution in [0.2, 0.25) is 0 Å². The number of pyridine rings is 2. The highest BCUT2D eigenvalue weighted by Crippen LogP contribution is 2.45. The zero-order chi connectivity index (χ0) is 29.1. The molecule has 0 amide bonds. The van der Waals surface area contributed by atoms with Gasteiger partial charge in [0, 0.05) is 30.6 Å². The number of esters is 1. The van der Waals surface area contributed by atoms with Gasteiger partial charge in [-0.15, -0.1) is 5.43 Å². The summed E-state index contributed by atoms with van der Waals surface area (Å²) in [4.78, 5) is 31.5. The molecule has 0 bridgehead atoms. The third kappa shape index (κ3) is 4.36. The van der Waals surface area contributed by atoms with Crippen LogP contribution in [-0.4, -0.2) is 60.9 Å². The summed E-state index contributed by atoms with van der Waals surface area (Å²) in [7, 11) is 0. The molecule has 3 N–H and O–H groups in total. The first kappa shape index (κ1) is 28.1. The number of hydrogen-bond donors (Lipinski definition) is 3. The molecular formula is C29H35N5O6S. The molecule has 12 heteroatoms. The van der Waals surface area contributed by atoms with E-state index in [2.05, 4.69) is 17.3 Å². The molecule has 5 heterocycles. The summed E-state index contributed by atoms with van der Waals surface area (Å²) in [5, 5.41) is 13.9. The second-order valence-corrected chi connectivity index (χ2v) is 12.3. The Hall–Kier alpha value is -3.00. The zero-order valence-corrected chi connectivity index (χ0v) is 24.1. The van der Waals surface area contributed by atoms with E-state index in [9.17, 15) is 23.5 Å². The fourth-order valence-corrected chi connectivity index (χ4v) is 7.41. The first-order valence-electron chi connectivity index (χ1n) is 14.2. The smallest absolute Gasteiger partial charge is 0.343 e. The predicted octanol–water partition coefficient (Wildman–Crippen LogP) is 1.47. The van der Waals surface area contributed by atoms with Crippen molar-refractivity contribution in [3.63, 3.8) is 0 Å². The Morgan fingerprint density at radius 1 is 1.27 bits per heavy atom. The summed E-state index contributed by atoms with van der Waals surface area (Å²) >= 11 is -2.34. The Bertz CT molecular complexity index is 1580. The number of cyclic esters (lactones) is 1. The van der Waals surface area contributed by atoms with E-state index in [4.69, 9.17) is 9.72 Å². The fourth-order valence-electron chi connectivity index (χ4n) is 6.69. The van der Waals surface area contributed by atoms with Crippen molar-refractivity contribution in [1.82, 2.24) is 24.9 Å². The van der Waals surface area contributed by atoms with Gasteiger partial charge in [-0.3, -0.25) is 9.00 Å². The number of allylic oxidation sites excluding steroid dienone is 2. The van der Waals surface area contributed by atoms with Crippen LogP contribution in [0.5, 0.6) is 0 Å². The summed E-state index contributed by atoms with van der Waals surface area (Å²) in [5.74, 6) is -0.766. The summed E-state index contributed by atoms with van der Waals surface area (Å²) in [6.07, 6.45) is 5.61. The van der Waals surface area contributed by atoms with Gasteiger partial charge in [0.15, 0.2) is 11.3 Å². The first-order valence-corrected chi connectivity index (χ1v) is 15.3. The molecule has 1 fully saturated rings. The maximum atomic E-state index is 13.9. The maximum absolute atomic E-state index is 13.9. The van der Waals surface area contributed by atoms with Crippen LogP contribution < -0.4 is 20.9 Å². The van der Waals surface area contributed by atoms with Crippen LogP contribution in [-0.2, 0) is 45.8 Å². The zero-order valence-electron chi connectivity index (χ0n) is 23.3. The SMILES string of the molecule is C=C1C=Cc2nc3c(c([N+]4(NC(CCC)S(=O)[O-])CCNCC4)c2C1)Cn1c-3cc2c(c1=O)COC(=O)C2(O)CC. The van der Waals surface area contributed by atoms with Crippen molar-refractivity contribution in [3.05, 3.63) is 62.6 Å². The standard InChI is InChI=1S/C29H35N5O6S/c1-4-6-24(41(38)39)32-34(11-9-30-10-12-34)26-18-13-17(3)7-8-22(18)31-25-19(26)15-33-23(25)14-21-20(27(33)35)16-40-28(36)29(21,37)5-2/h7-8,14,24,30,32,37H,3-6,9-13,15-16H2,1-2H3. The van der Waals surface area contributed by atoms with E-state index < -0.39 is 28.0 Å². The minimum atomic E-state index is -2.34. The van der Waals surface area contributed by atoms with Gasteiger partial charge in [-0.2, -0.15) is 0 Å². The van der Waals surface area contributed by atoms with E-state index >= 15 is 0 Å². The molecule has 1 aliphatic carbocycles. The highest BCUT2D eigenvalue weighted by atomic mass is 32.2. The number of nitrogens with zero attached hydrogens (tertiary/aromatic N) is 3. The van der Waals surface area contributed by atoms with Gasteiger partial charge in [0.25, 0.3) is 5.56 Å². The minimum Gasteiger partial charge on any atom is -0.771 e. The lowest BCUT2D eigenvalue weighted by atomic mass is 9.86. The predicted molar refractivity (Wildman–Crippen MR) is 154 cm³/mol. The van der Waals surface area contributed by atoms with Crippen LogP contribution >= 0.6 is 0 Å². The van der Waals surface area contributed by atoms with Gasteiger partial charge in [0.2, 0.25) is 0 Å². The molecule has 2 aromatic rings. The quantitative estimate of drug-likeness (QED) is 0.215. The number of rotatable bonds is 7. The maximum Gasteiger partial charge on any atom is 0.343 e. The van der Waals surface area contributed by atoms with Crippen molar-refractivity contribution in [2.24, 2.45) is 0 Å². The van der Waals surface area contributed by atoms with E-state index in [-0.39, 0.29) is 40.9 Å². The molecule has 4 aliphatic rings. The summed E-state index contributed by atoms with van der Waals surface area (Å²) < 4.78 is 31.8. The number of piperazine rings is 1. The van der Waals surface area contributed by atoms with Crippen LogP contribution in [0.4, 0.5) is 5.69 Å². The van der Waals surface area contributed by atoms with E-state index in [0.717, 1.165) is 28.1 Å². The van der Waals surface area contributed by atoms with Crippen molar-refractivity contribution >= 4 is 28.8 Å². The number of aromatic nitrogens is 2. The normalized spacial score (nSPS) is 23.7. The molecule has 11 nitrogen and oxygen atoms in total. The van der Waals surface area contributed by atoms with Gasteiger partial charge in [-0.25, -0.2) is 14.4 Å². The van der Waals surface area contributed by atoms with Gasteiger partial charge in [-0.05, 0) is 36.1 Å². The number of carbonyl (C=O) groups excluding carboxylic acids is 1. The largest absolute Gasteiger partial charge is 0.771 e. The van der Waals surface area contributed by atoms with Gasteiger partial charge < -0.3 is 24.3 Å². The molecule has 3 atom stereocenters. The molecule has 3 aliphatic heterocycles. The van der Waals surface area contributed by atoms with Gasteiger partial charge >= 0.3 is 5.97 Å². The number of fused-ring (bicyclic) bond motifs is 5.